The van der Waals surface area contributed by atoms with Gasteiger partial charge in [-0.3, -0.25) is 9.78 Å². The van der Waals surface area contributed by atoms with Crippen molar-refractivity contribution in [2.24, 2.45) is 0 Å². The summed E-state index contributed by atoms with van der Waals surface area (Å²) in [6, 6.07) is 3.14. The molecule has 0 fully saturated rings. The van der Waals surface area contributed by atoms with E-state index in [-0.39, 0.29) is 12.5 Å². The Kier molecular flexibility index (Phi) is 3.31. The summed E-state index contributed by atoms with van der Waals surface area (Å²) in [6.45, 7) is -0.152. The van der Waals surface area contributed by atoms with Crippen LogP contribution in [0.2, 0.25) is 0 Å². The number of nitrogens with zero attached hydrogens (tertiary/aromatic N) is 1. The van der Waals surface area contributed by atoms with Gasteiger partial charge in [0.25, 0.3) is 5.91 Å². The Bertz CT molecular complexity index is 654. The molecular formula is C16H14N2O2. The average Bonchev–Trinajstić information content (AvgIpc) is 3.08. The molecule has 1 aromatic rings. The molecule has 1 aromatic heterocycles. The van der Waals surface area contributed by atoms with E-state index in [0.29, 0.717) is 5.57 Å². The lowest BCUT2D eigenvalue weighted by atomic mass is 10.1. The minimum Gasteiger partial charge on any atom is -0.394 e. The van der Waals surface area contributed by atoms with Crippen molar-refractivity contribution in [3.05, 3.63) is 77.2 Å². The normalized spacial score (nSPS) is 17.1. The van der Waals surface area contributed by atoms with Crippen LogP contribution in [0.15, 0.2) is 71.6 Å². The smallest absolute Gasteiger partial charge is 0.252 e. The highest BCUT2D eigenvalue weighted by atomic mass is 16.3. The van der Waals surface area contributed by atoms with Crippen molar-refractivity contribution >= 4 is 5.91 Å². The molecule has 0 aliphatic heterocycles. The van der Waals surface area contributed by atoms with E-state index in [1.54, 1.807) is 30.6 Å². The lowest BCUT2D eigenvalue weighted by molar-refractivity contribution is -0.118. The summed E-state index contributed by atoms with van der Waals surface area (Å²) in [5.41, 5.74) is 3.46. The molecule has 1 heterocycles. The second-order valence-corrected chi connectivity index (χ2v) is 4.63. The number of carbonyl (C=O) groups excluding carboxylic acids is 1. The second kappa shape index (κ2) is 5.27. The number of nitrogens with one attached hydrogen (secondary N) is 1. The number of aliphatic hydroxyl groups is 1. The molecule has 0 spiro atoms. The van der Waals surface area contributed by atoms with E-state index in [1.165, 1.54) is 0 Å². The highest BCUT2D eigenvalue weighted by Gasteiger charge is 2.22. The van der Waals surface area contributed by atoms with Crippen LogP contribution in [0.25, 0.3) is 0 Å². The van der Waals surface area contributed by atoms with E-state index in [2.05, 4.69) is 10.3 Å². The van der Waals surface area contributed by atoms with Gasteiger partial charge in [0.1, 0.15) is 0 Å². The summed E-state index contributed by atoms with van der Waals surface area (Å²) in [5.74, 6) is -0.179. The lowest BCUT2D eigenvalue weighted by Gasteiger charge is -2.17. The number of aromatic nitrogens is 1. The van der Waals surface area contributed by atoms with Crippen molar-refractivity contribution in [3.8, 4) is 0 Å². The molecule has 3 rings (SSSR count). The molecule has 1 amide bonds. The third kappa shape index (κ3) is 2.21. The Balaban J connectivity index is 1.79. The van der Waals surface area contributed by atoms with Gasteiger partial charge in [-0.25, -0.2) is 0 Å². The zero-order chi connectivity index (χ0) is 13.9. The molecule has 0 saturated heterocycles. The van der Waals surface area contributed by atoms with E-state index in [0.717, 1.165) is 16.7 Å². The first kappa shape index (κ1) is 12.6. The van der Waals surface area contributed by atoms with Gasteiger partial charge >= 0.3 is 0 Å². The van der Waals surface area contributed by atoms with Gasteiger partial charge in [-0.2, -0.15) is 0 Å². The minimum atomic E-state index is -0.426. The van der Waals surface area contributed by atoms with E-state index in [9.17, 15) is 9.90 Å². The molecule has 0 saturated carbocycles. The van der Waals surface area contributed by atoms with Crippen LogP contribution in [0.3, 0.4) is 0 Å². The van der Waals surface area contributed by atoms with Crippen molar-refractivity contribution in [3.63, 3.8) is 0 Å². The van der Waals surface area contributed by atoms with Gasteiger partial charge in [-0.15, -0.1) is 0 Å². The van der Waals surface area contributed by atoms with E-state index < -0.39 is 6.04 Å². The number of hydrogen-bond acceptors (Lipinski definition) is 3. The van der Waals surface area contributed by atoms with Gasteiger partial charge in [-0.1, -0.05) is 24.3 Å². The molecule has 2 aliphatic carbocycles. The summed E-state index contributed by atoms with van der Waals surface area (Å²) in [5, 5.41) is 12.3. The maximum absolute atomic E-state index is 12.3. The van der Waals surface area contributed by atoms with Crippen molar-refractivity contribution in [1.29, 1.82) is 0 Å². The number of pyridine rings is 1. The summed E-state index contributed by atoms with van der Waals surface area (Å²) >= 11 is 0. The monoisotopic (exact) mass is 266 g/mol. The van der Waals surface area contributed by atoms with E-state index in [1.807, 2.05) is 24.3 Å². The van der Waals surface area contributed by atoms with Gasteiger partial charge in [0.2, 0.25) is 0 Å². The molecule has 100 valence electrons. The van der Waals surface area contributed by atoms with E-state index in [4.69, 9.17) is 0 Å². The number of fused-ring (bicyclic) bond motifs is 1. The van der Waals surface area contributed by atoms with Gasteiger partial charge in [0.15, 0.2) is 0 Å². The predicted octanol–water partition coefficient (Wildman–Crippen LogP) is 1.59. The minimum absolute atomic E-state index is 0.152. The Labute approximate surface area is 116 Å². The highest BCUT2D eigenvalue weighted by Crippen LogP contribution is 2.30. The van der Waals surface area contributed by atoms with Crippen LogP contribution < -0.4 is 5.32 Å². The molecule has 2 N–H and O–H groups in total. The molecule has 0 radical (unpaired) electrons. The number of aliphatic hydroxyl groups excluding tert-OH is 1. The zero-order valence-electron chi connectivity index (χ0n) is 10.8. The van der Waals surface area contributed by atoms with Crippen molar-refractivity contribution in [1.82, 2.24) is 10.3 Å². The van der Waals surface area contributed by atoms with Gasteiger partial charge in [-0.05, 0) is 34.9 Å². The topological polar surface area (TPSA) is 62.2 Å². The van der Waals surface area contributed by atoms with Gasteiger partial charge in [0, 0.05) is 18.0 Å². The molecule has 0 aromatic carbocycles. The fourth-order valence-electron chi connectivity index (χ4n) is 2.35. The standard InChI is InChI=1S/C16H14N2O2/c19-10-15(12-6-8-17-9-7-12)18-16(20)14-5-4-11-2-1-3-13(11)14/h1-9,15,19H,10H2,(H,18,20)/t15-/m0/s1. The Morgan fingerprint density at radius 3 is 2.80 bits per heavy atom. The number of allylic oxidation sites excluding steroid dienone is 6. The first-order valence-electron chi connectivity index (χ1n) is 6.42. The molecule has 1 atom stereocenters. The molecule has 4 nitrogen and oxygen atoms in total. The molecule has 4 heteroatoms. The first-order chi connectivity index (χ1) is 9.79. The number of carbonyl (C=O) groups is 1. The first-order valence-corrected chi connectivity index (χ1v) is 6.42. The predicted molar refractivity (Wildman–Crippen MR) is 75.6 cm³/mol. The fraction of sp³-hybridized carbons (Fsp3) is 0.125. The summed E-state index contributed by atoms with van der Waals surface area (Å²) in [4.78, 5) is 16.3. The fourth-order valence-corrected chi connectivity index (χ4v) is 2.35. The van der Waals surface area contributed by atoms with Crippen molar-refractivity contribution in [2.45, 2.75) is 6.04 Å². The maximum Gasteiger partial charge on any atom is 0.252 e. The quantitative estimate of drug-likeness (QED) is 0.870. The van der Waals surface area contributed by atoms with Crippen LogP contribution in [0.1, 0.15) is 11.6 Å². The van der Waals surface area contributed by atoms with Gasteiger partial charge < -0.3 is 10.4 Å². The van der Waals surface area contributed by atoms with Crippen LogP contribution in [0.4, 0.5) is 0 Å². The lowest BCUT2D eigenvalue weighted by Crippen LogP contribution is -2.31. The zero-order valence-corrected chi connectivity index (χ0v) is 10.8. The second-order valence-electron chi connectivity index (χ2n) is 4.63. The largest absolute Gasteiger partial charge is 0.394 e. The van der Waals surface area contributed by atoms with Crippen LogP contribution in [0.5, 0.6) is 0 Å². The Morgan fingerprint density at radius 2 is 2.05 bits per heavy atom. The molecular weight excluding hydrogens is 252 g/mol. The van der Waals surface area contributed by atoms with Crippen LogP contribution in [0, 0.1) is 0 Å². The third-order valence-electron chi connectivity index (χ3n) is 3.41. The molecule has 2 aliphatic rings. The summed E-state index contributed by atoms with van der Waals surface area (Å²) in [7, 11) is 0. The average molecular weight is 266 g/mol. The summed E-state index contributed by atoms with van der Waals surface area (Å²) < 4.78 is 0. The van der Waals surface area contributed by atoms with Crippen molar-refractivity contribution < 1.29 is 9.90 Å². The molecule has 0 unspecified atom stereocenters. The van der Waals surface area contributed by atoms with Gasteiger partial charge in [0.05, 0.1) is 12.6 Å². The summed E-state index contributed by atoms with van der Waals surface area (Å²) in [6.07, 6.45) is 12.8. The van der Waals surface area contributed by atoms with Crippen LogP contribution in [-0.4, -0.2) is 22.6 Å². The van der Waals surface area contributed by atoms with Crippen molar-refractivity contribution in [2.75, 3.05) is 6.61 Å². The van der Waals surface area contributed by atoms with Crippen LogP contribution >= 0.6 is 0 Å². The Morgan fingerprint density at radius 1 is 1.25 bits per heavy atom. The number of amides is 1. The van der Waals surface area contributed by atoms with Crippen LogP contribution in [-0.2, 0) is 4.79 Å². The number of rotatable bonds is 4. The highest BCUT2D eigenvalue weighted by molar-refractivity contribution is 6.00. The van der Waals surface area contributed by atoms with E-state index >= 15 is 0 Å². The SMILES string of the molecule is O=C(N[C@@H](CO)c1ccncc1)C1=C2C=CC=C2C=C1. The molecule has 0 bridgehead atoms. The number of hydrogen-bond donors (Lipinski definition) is 2. The molecule has 20 heavy (non-hydrogen) atoms. The Hall–Kier alpha value is -2.46. The third-order valence-corrected chi connectivity index (χ3v) is 3.41. The maximum atomic E-state index is 12.3.